The van der Waals surface area contributed by atoms with E-state index in [9.17, 15) is 14.7 Å². The fraction of sp³-hybridized carbons (Fsp3) is 0.143. The number of aryl methyl sites for hydroxylation is 1. The maximum atomic E-state index is 12.2. The van der Waals surface area contributed by atoms with Crippen molar-refractivity contribution in [1.82, 2.24) is 0 Å². The molecular formula is C14H13NO5S. The molecule has 0 saturated heterocycles. The predicted octanol–water partition coefficient (Wildman–Crippen LogP) is 2.72. The van der Waals surface area contributed by atoms with Crippen LogP contribution in [0, 0.1) is 6.92 Å². The number of aromatic hydroxyl groups is 1. The van der Waals surface area contributed by atoms with Gasteiger partial charge in [0.2, 0.25) is 0 Å². The van der Waals surface area contributed by atoms with Crippen LogP contribution in [-0.2, 0) is 0 Å². The van der Waals surface area contributed by atoms with Crippen LogP contribution in [0.5, 0.6) is 11.5 Å². The first-order chi connectivity index (χ1) is 9.95. The molecule has 1 heterocycles. The van der Waals surface area contributed by atoms with Gasteiger partial charge in [0, 0.05) is 0 Å². The summed E-state index contributed by atoms with van der Waals surface area (Å²) >= 11 is 1.03. The molecule has 3 N–H and O–H groups in total. The number of phenolic OH excluding ortho intramolecular Hbond substituents is 1. The zero-order valence-corrected chi connectivity index (χ0v) is 12.2. The highest BCUT2D eigenvalue weighted by Crippen LogP contribution is 2.32. The molecule has 0 fully saturated rings. The molecule has 6 nitrogen and oxygen atoms in total. The Morgan fingerprint density at radius 3 is 2.67 bits per heavy atom. The molecule has 0 spiro atoms. The molecule has 0 bridgehead atoms. The summed E-state index contributed by atoms with van der Waals surface area (Å²) in [4.78, 5) is 23.4. The molecule has 2 rings (SSSR count). The van der Waals surface area contributed by atoms with Crippen molar-refractivity contribution in [2.45, 2.75) is 6.92 Å². The van der Waals surface area contributed by atoms with Crippen molar-refractivity contribution in [2.24, 2.45) is 0 Å². The lowest BCUT2D eigenvalue weighted by molar-refractivity contribution is 0.0703. The first-order valence-corrected chi connectivity index (χ1v) is 6.82. The van der Waals surface area contributed by atoms with Gasteiger partial charge in [0.25, 0.3) is 5.91 Å². The number of phenols is 1. The molecule has 0 unspecified atom stereocenters. The molecule has 1 aromatic carbocycles. The molecule has 0 aliphatic heterocycles. The predicted molar refractivity (Wildman–Crippen MR) is 78.6 cm³/mol. The van der Waals surface area contributed by atoms with Crippen molar-refractivity contribution >= 4 is 28.9 Å². The zero-order valence-electron chi connectivity index (χ0n) is 11.3. The lowest BCUT2D eigenvalue weighted by atomic mass is 10.1. The number of aromatic carboxylic acids is 1. The van der Waals surface area contributed by atoms with Crippen LogP contribution in [0.2, 0.25) is 0 Å². The van der Waals surface area contributed by atoms with Gasteiger partial charge in [-0.05, 0) is 30.0 Å². The van der Waals surface area contributed by atoms with Crippen LogP contribution in [0.4, 0.5) is 5.69 Å². The van der Waals surface area contributed by atoms with Crippen molar-refractivity contribution < 1.29 is 24.5 Å². The smallest absolute Gasteiger partial charge is 0.348 e. The van der Waals surface area contributed by atoms with Gasteiger partial charge in [-0.3, -0.25) is 4.79 Å². The first kappa shape index (κ1) is 14.9. The van der Waals surface area contributed by atoms with Gasteiger partial charge in [0.05, 0.1) is 18.4 Å². The maximum Gasteiger partial charge on any atom is 0.348 e. The Bertz CT molecular complexity index is 707. The molecule has 1 amide bonds. The minimum Gasteiger partial charge on any atom is -0.504 e. The van der Waals surface area contributed by atoms with Crippen LogP contribution in [0.25, 0.3) is 0 Å². The number of carboxylic acids is 1. The number of rotatable bonds is 4. The number of methoxy groups -OCH3 is 1. The number of thiophene rings is 1. The molecule has 0 saturated carbocycles. The van der Waals surface area contributed by atoms with Crippen molar-refractivity contribution in [3.05, 3.63) is 39.6 Å². The molecule has 7 heteroatoms. The summed E-state index contributed by atoms with van der Waals surface area (Å²) in [5.41, 5.74) is 0.893. The number of ether oxygens (including phenoxy) is 1. The second kappa shape index (κ2) is 5.84. The number of hydrogen-bond donors (Lipinski definition) is 3. The van der Waals surface area contributed by atoms with Crippen molar-refractivity contribution in [3.8, 4) is 11.5 Å². The second-order valence-electron chi connectivity index (χ2n) is 4.24. The summed E-state index contributed by atoms with van der Waals surface area (Å²) in [6, 6.07) is 4.51. The van der Waals surface area contributed by atoms with E-state index in [0.29, 0.717) is 5.56 Å². The second-order valence-corrected chi connectivity index (χ2v) is 5.12. The Balaban J connectivity index is 2.35. The van der Waals surface area contributed by atoms with Gasteiger partial charge in [0.15, 0.2) is 11.5 Å². The fourth-order valence-electron chi connectivity index (χ4n) is 1.81. The van der Waals surface area contributed by atoms with Gasteiger partial charge < -0.3 is 20.3 Å². The number of amides is 1. The zero-order chi connectivity index (χ0) is 15.6. The van der Waals surface area contributed by atoms with E-state index >= 15 is 0 Å². The highest BCUT2D eigenvalue weighted by Gasteiger charge is 2.20. The number of anilines is 1. The van der Waals surface area contributed by atoms with Gasteiger partial charge in [-0.15, -0.1) is 11.3 Å². The average Bonchev–Trinajstić information content (AvgIpc) is 2.80. The third kappa shape index (κ3) is 2.82. The number of carbonyl (C=O) groups excluding carboxylic acids is 1. The monoisotopic (exact) mass is 307 g/mol. The highest BCUT2D eigenvalue weighted by atomic mass is 32.1. The topological polar surface area (TPSA) is 95.9 Å². The van der Waals surface area contributed by atoms with E-state index in [1.807, 2.05) is 0 Å². The average molecular weight is 307 g/mol. The number of carboxylic acid groups (broad SMARTS) is 1. The Morgan fingerprint density at radius 2 is 2.05 bits per heavy atom. The number of hydrogen-bond acceptors (Lipinski definition) is 5. The van der Waals surface area contributed by atoms with E-state index in [4.69, 9.17) is 9.84 Å². The molecule has 0 atom stereocenters. The van der Waals surface area contributed by atoms with Gasteiger partial charge in [0.1, 0.15) is 4.88 Å². The number of carbonyl (C=O) groups is 2. The van der Waals surface area contributed by atoms with E-state index in [2.05, 4.69) is 5.32 Å². The van der Waals surface area contributed by atoms with Crippen molar-refractivity contribution in [2.75, 3.05) is 12.4 Å². The fourth-order valence-corrected chi connectivity index (χ4v) is 2.65. The summed E-state index contributed by atoms with van der Waals surface area (Å²) in [5, 5.41) is 23.2. The molecule has 0 radical (unpaired) electrons. The van der Waals surface area contributed by atoms with Crippen LogP contribution in [0.3, 0.4) is 0 Å². The van der Waals surface area contributed by atoms with Crippen molar-refractivity contribution in [3.63, 3.8) is 0 Å². The minimum absolute atomic E-state index is 0.0105. The lowest BCUT2D eigenvalue weighted by Gasteiger charge is -2.10. The van der Waals surface area contributed by atoms with Crippen LogP contribution in [0.15, 0.2) is 23.6 Å². The quantitative estimate of drug-likeness (QED) is 0.807. The van der Waals surface area contributed by atoms with E-state index in [1.54, 1.807) is 18.4 Å². The van der Waals surface area contributed by atoms with Gasteiger partial charge in [-0.1, -0.05) is 6.07 Å². The first-order valence-electron chi connectivity index (χ1n) is 5.94. The number of para-hydroxylation sites is 1. The van der Waals surface area contributed by atoms with E-state index < -0.39 is 11.9 Å². The summed E-state index contributed by atoms with van der Waals surface area (Å²) < 4.78 is 4.93. The third-order valence-corrected chi connectivity index (χ3v) is 3.96. The lowest BCUT2D eigenvalue weighted by Crippen LogP contribution is -2.14. The normalized spacial score (nSPS) is 10.2. The molecule has 0 aliphatic carbocycles. The van der Waals surface area contributed by atoms with Crippen LogP contribution < -0.4 is 10.1 Å². The van der Waals surface area contributed by atoms with E-state index in [0.717, 1.165) is 11.3 Å². The largest absolute Gasteiger partial charge is 0.504 e. The standard InChI is InChI=1S/C14H13NO5S/c1-7-6-21-12(14(18)19)10(7)15-13(17)8-4-3-5-9(20-2)11(8)16/h3-6,16H,1-2H3,(H,15,17)(H,18,19). The molecular weight excluding hydrogens is 294 g/mol. The molecule has 0 aliphatic rings. The number of nitrogens with one attached hydrogen (secondary N) is 1. The van der Waals surface area contributed by atoms with Gasteiger partial charge >= 0.3 is 5.97 Å². The number of benzene rings is 1. The third-order valence-electron chi connectivity index (χ3n) is 2.87. The minimum atomic E-state index is -1.11. The Labute approximate surface area is 124 Å². The van der Waals surface area contributed by atoms with Crippen LogP contribution in [-0.4, -0.2) is 29.2 Å². The van der Waals surface area contributed by atoms with Gasteiger partial charge in [-0.2, -0.15) is 0 Å². The van der Waals surface area contributed by atoms with Crippen molar-refractivity contribution in [1.29, 1.82) is 0 Å². The molecule has 1 aromatic heterocycles. The maximum absolute atomic E-state index is 12.2. The summed E-state index contributed by atoms with van der Waals surface area (Å²) in [7, 11) is 1.38. The Hall–Kier alpha value is -2.54. The van der Waals surface area contributed by atoms with Gasteiger partial charge in [-0.25, -0.2) is 4.79 Å². The van der Waals surface area contributed by atoms with Crippen LogP contribution >= 0.6 is 11.3 Å². The summed E-state index contributed by atoms with van der Waals surface area (Å²) in [6.45, 7) is 1.70. The van der Waals surface area contributed by atoms with E-state index in [-0.39, 0.29) is 27.6 Å². The SMILES string of the molecule is COc1cccc(C(=O)Nc2c(C)csc2C(=O)O)c1O. The van der Waals surface area contributed by atoms with Crippen LogP contribution in [0.1, 0.15) is 25.6 Å². The molecule has 2 aromatic rings. The molecule has 21 heavy (non-hydrogen) atoms. The Kier molecular flexibility index (Phi) is 4.13. The Morgan fingerprint density at radius 1 is 1.33 bits per heavy atom. The summed E-state index contributed by atoms with van der Waals surface area (Å²) in [5.74, 6) is -1.83. The summed E-state index contributed by atoms with van der Waals surface area (Å²) in [6.07, 6.45) is 0. The highest BCUT2D eigenvalue weighted by molar-refractivity contribution is 7.12. The van der Waals surface area contributed by atoms with E-state index in [1.165, 1.54) is 19.2 Å². The molecule has 110 valence electrons.